The quantitative estimate of drug-likeness (QED) is 0.621. The minimum Gasteiger partial charge on any atom is -0.309 e. The predicted octanol–water partition coefficient (Wildman–Crippen LogP) is 2.46. The third kappa shape index (κ3) is 2.21. The third-order valence-electron chi connectivity index (χ3n) is 2.35. The van der Waals surface area contributed by atoms with Gasteiger partial charge < -0.3 is 4.90 Å². The number of hydrogen-bond donors (Lipinski definition) is 0. The highest BCUT2D eigenvalue weighted by atomic mass is 15.1. The Kier molecular flexibility index (Phi) is 2.73. The van der Waals surface area contributed by atoms with Gasteiger partial charge in [-0.3, -0.25) is 0 Å². The van der Waals surface area contributed by atoms with Crippen LogP contribution in [0.15, 0.2) is 23.8 Å². The van der Waals surface area contributed by atoms with E-state index in [2.05, 4.69) is 51.1 Å². The van der Waals surface area contributed by atoms with Gasteiger partial charge in [-0.15, -0.1) is 0 Å². The molecule has 0 amide bonds. The molecule has 1 heteroatoms. The minimum absolute atomic E-state index is 0.326. The van der Waals surface area contributed by atoms with Crippen molar-refractivity contribution in [2.75, 3.05) is 20.6 Å². The van der Waals surface area contributed by atoms with Crippen LogP contribution in [0.3, 0.4) is 0 Å². The molecule has 0 heterocycles. The van der Waals surface area contributed by atoms with E-state index in [4.69, 9.17) is 0 Å². The molecular weight excluding hydrogens is 146 g/mol. The van der Waals surface area contributed by atoms with Gasteiger partial charge in [0.05, 0.1) is 0 Å². The SMILES string of the molecule is CN(C)CC(C)(C)C1=CC=CC1. The molecule has 0 unspecified atom stereocenters. The van der Waals surface area contributed by atoms with Crippen molar-refractivity contribution in [3.8, 4) is 0 Å². The normalized spacial score (nSPS) is 17.2. The zero-order valence-corrected chi connectivity index (χ0v) is 8.59. The molecule has 0 aromatic rings. The van der Waals surface area contributed by atoms with E-state index in [1.807, 2.05) is 0 Å². The summed E-state index contributed by atoms with van der Waals surface area (Å²) in [5.74, 6) is 0. The van der Waals surface area contributed by atoms with E-state index in [-0.39, 0.29) is 0 Å². The molecule has 1 aliphatic carbocycles. The minimum atomic E-state index is 0.326. The van der Waals surface area contributed by atoms with Gasteiger partial charge in [0.1, 0.15) is 0 Å². The van der Waals surface area contributed by atoms with Crippen molar-refractivity contribution >= 4 is 0 Å². The molecular formula is C11H19N. The van der Waals surface area contributed by atoms with Crippen LogP contribution < -0.4 is 0 Å². The van der Waals surface area contributed by atoms with Crippen LogP contribution >= 0.6 is 0 Å². The van der Waals surface area contributed by atoms with Crippen molar-refractivity contribution in [3.05, 3.63) is 23.8 Å². The Morgan fingerprint density at radius 3 is 2.50 bits per heavy atom. The zero-order valence-electron chi connectivity index (χ0n) is 8.59. The Balaban J connectivity index is 2.59. The highest BCUT2D eigenvalue weighted by Crippen LogP contribution is 2.32. The van der Waals surface area contributed by atoms with E-state index in [0.717, 1.165) is 13.0 Å². The van der Waals surface area contributed by atoms with Crippen LogP contribution in [0.25, 0.3) is 0 Å². The number of rotatable bonds is 3. The molecule has 0 radical (unpaired) electrons. The fourth-order valence-electron chi connectivity index (χ4n) is 1.84. The average molecular weight is 165 g/mol. The Bertz CT molecular complexity index is 209. The fourth-order valence-corrected chi connectivity index (χ4v) is 1.84. The average Bonchev–Trinajstić information content (AvgIpc) is 2.32. The molecule has 0 aromatic heterocycles. The van der Waals surface area contributed by atoms with Gasteiger partial charge in [-0.25, -0.2) is 0 Å². The predicted molar refractivity (Wildman–Crippen MR) is 54.2 cm³/mol. The van der Waals surface area contributed by atoms with Gasteiger partial charge >= 0.3 is 0 Å². The third-order valence-corrected chi connectivity index (χ3v) is 2.35. The standard InChI is InChI=1S/C11H19N/c1-11(2,9-12(3)4)10-7-5-6-8-10/h5-7H,8-9H2,1-4H3. The van der Waals surface area contributed by atoms with Gasteiger partial charge in [0.2, 0.25) is 0 Å². The summed E-state index contributed by atoms with van der Waals surface area (Å²) in [4.78, 5) is 2.25. The lowest BCUT2D eigenvalue weighted by atomic mass is 9.83. The summed E-state index contributed by atoms with van der Waals surface area (Å²) in [7, 11) is 4.26. The molecule has 0 aromatic carbocycles. The molecule has 0 atom stereocenters. The first kappa shape index (κ1) is 9.53. The molecule has 0 fully saturated rings. The van der Waals surface area contributed by atoms with Gasteiger partial charge in [0.15, 0.2) is 0 Å². The smallest absolute Gasteiger partial charge is 0.00642 e. The van der Waals surface area contributed by atoms with E-state index >= 15 is 0 Å². The molecule has 68 valence electrons. The molecule has 0 aliphatic heterocycles. The summed E-state index contributed by atoms with van der Waals surface area (Å²) in [6, 6.07) is 0. The number of hydrogen-bond acceptors (Lipinski definition) is 1. The van der Waals surface area contributed by atoms with Crippen LogP contribution in [-0.4, -0.2) is 25.5 Å². The topological polar surface area (TPSA) is 3.24 Å². The number of allylic oxidation sites excluding steroid dienone is 3. The van der Waals surface area contributed by atoms with Crippen molar-refractivity contribution in [2.45, 2.75) is 20.3 Å². The van der Waals surface area contributed by atoms with Crippen molar-refractivity contribution < 1.29 is 0 Å². The fraction of sp³-hybridized carbons (Fsp3) is 0.636. The Hall–Kier alpha value is -0.560. The Labute approximate surface area is 75.8 Å². The molecule has 0 saturated carbocycles. The maximum atomic E-state index is 2.31. The highest BCUT2D eigenvalue weighted by Gasteiger charge is 2.23. The molecule has 0 spiro atoms. The molecule has 0 saturated heterocycles. The molecule has 12 heavy (non-hydrogen) atoms. The van der Waals surface area contributed by atoms with E-state index in [0.29, 0.717) is 5.41 Å². The van der Waals surface area contributed by atoms with Crippen LogP contribution in [0, 0.1) is 5.41 Å². The monoisotopic (exact) mass is 165 g/mol. The van der Waals surface area contributed by atoms with Crippen LogP contribution in [-0.2, 0) is 0 Å². The summed E-state index contributed by atoms with van der Waals surface area (Å²) in [6.45, 7) is 5.75. The summed E-state index contributed by atoms with van der Waals surface area (Å²) in [6.07, 6.45) is 7.78. The van der Waals surface area contributed by atoms with Crippen molar-refractivity contribution in [1.29, 1.82) is 0 Å². The van der Waals surface area contributed by atoms with Crippen LogP contribution in [0.5, 0.6) is 0 Å². The Morgan fingerprint density at radius 1 is 1.42 bits per heavy atom. The molecule has 1 aliphatic rings. The van der Waals surface area contributed by atoms with Gasteiger partial charge in [0, 0.05) is 6.54 Å². The van der Waals surface area contributed by atoms with Crippen molar-refractivity contribution in [1.82, 2.24) is 4.90 Å². The Morgan fingerprint density at radius 2 is 2.08 bits per heavy atom. The number of nitrogens with zero attached hydrogens (tertiary/aromatic N) is 1. The maximum Gasteiger partial charge on any atom is 0.00642 e. The molecule has 1 nitrogen and oxygen atoms in total. The van der Waals surface area contributed by atoms with Gasteiger partial charge in [-0.05, 0) is 25.9 Å². The highest BCUT2D eigenvalue weighted by molar-refractivity contribution is 5.28. The summed E-state index contributed by atoms with van der Waals surface area (Å²) in [5.41, 5.74) is 1.88. The van der Waals surface area contributed by atoms with Crippen LogP contribution in [0.2, 0.25) is 0 Å². The lowest BCUT2D eigenvalue weighted by molar-refractivity contribution is 0.277. The first-order chi connectivity index (χ1) is 5.52. The largest absolute Gasteiger partial charge is 0.309 e. The lowest BCUT2D eigenvalue weighted by Crippen LogP contribution is -2.29. The second-order valence-corrected chi connectivity index (χ2v) is 4.45. The van der Waals surface area contributed by atoms with E-state index in [9.17, 15) is 0 Å². The van der Waals surface area contributed by atoms with Gasteiger partial charge in [0.25, 0.3) is 0 Å². The molecule has 1 rings (SSSR count). The van der Waals surface area contributed by atoms with E-state index in [1.165, 1.54) is 0 Å². The first-order valence-corrected chi connectivity index (χ1v) is 4.53. The van der Waals surface area contributed by atoms with Gasteiger partial charge in [-0.2, -0.15) is 0 Å². The maximum absolute atomic E-state index is 2.31. The van der Waals surface area contributed by atoms with Crippen molar-refractivity contribution in [3.63, 3.8) is 0 Å². The molecule has 0 N–H and O–H groups in total. The van der Waals surface area contributed by atoms with E-state index in [1.54, 1.807) is 5.57 Å². The summed E-state index contributed by atoms with van der Waals surface area (Å²) in [5, 5.41) is 0. The second-order valence-electron chi connectivity index (χ2n) is 4.45. The van der Waals surface area contributed by atoms with Gasteiger partial charge in [-0.1, -0.05) is 37.6 Å². The van der Waals surface area contributed by atoms with Crippen LogP contribution in [0.4, 0.5) is 0 Å². The summed E-state index contributed by atoms with van der Waals surface area (Å²) >= 11 is 0. The lowest BCUT2D eigenvalue weighted by Gasteiger charge is -2.29. The first-order valence-electron chi connectivity index (χ1n) is 4.53. The molecule has 0 bridgehead atoms. The summed E-state index contributed by atoms with van der Waals surface area (Å²) < 4.78 is 0. The van der Waals surface area contributed by atoms with Crippen LogP contribution in [0.1, 0.15) is 20.3 Å². The zero-order chi connectivity index (χ0) is 9.19. The van der Waals surface area contributed by atoms with E-state index < -0.39 is 0 Å². The second kappa shape index (κ2) is 3.44. The van der Waals surface area contributed by atoms with Crippen molar-refractivity contribution in [2.24, 2.45) is 5.41 Å².